The van der Waals surface area contributed by atoms with Crippen molar-refractivity contribution in [2.75, 3.05) is 0 Å². The first-order valence-electron chi connectivity index (χ1n) is 5.14. The molecule has 9 nitrogen and oxygen atoms in total. The van der Waals surface area contributed by atoms with Crippen LogP contribution in [0.1, 0.15) is 33.1 Å². The number of aliphatic carboxylic acids is 4. The van der Waals surface area contributed by atoms with Crippen LogP contribution in [0.25, 0.3) is 0 Å². The summed E-state index contributed by atoms with van der Waals surface area (Å²) in [6, 6.07) is 0. The third-order valence-electron chi connectivity index (χ3n) is 0.955. The predicted molar refractivity (Wildman–Crippen MR) is 61.7 cm³/mol. The first-order chi connectivity index (χ1) is 8.58. The number of hydrogen-bond acceptors (Lipinski definition) is 5. The third kappa shape index (κ3) is 31.3. The van der Waals surface area contributed by atoms with Gasteiger partial charge in [0.1, 0.15) is 6.42 Å². The lowest BCUT2D eigenvalue weighted by Gasteiger charge is -1.97. The molecule has 19 heavy (non-hydrogen) atoms. The molecule has 0 saturated heterocycles. The Balaban J connectivity index is -0.000000228. The Hall–Kier alpha value is -2.16. The Morgan fingerprint density at radius 1 is 0.842 bits per heavy atom. The molecule has 0 spiro atoms. The second-order valence-electron chi connectivity index (χ2n) is 3.12. The predicted octanol–water partition coefficient (Wildman–Crippen LogP) is -0.131. The average molecular weight is 282 g/mol. The Morgan fingerprint density at radius 3 is 1.21 bits per heavy atom. The molecule has 0 bridgehead atoms. The van der Waals surface area contributed by atoms with E-state index in [4.69, 9.17) is 25.5 Å². The molecule has 0 aliphatic heterocycles. The maximum Gasteiger partial charge on any atom is 0.333 e. The van der Waals surface area contributed by atoms with E-state index >= 15 is 0 Å². The molecule has 0 aromatic carbocycles. The Morgan fingerprint density at radius 2 is 1.16 bits per heavy atom. The Labute approximate surface area is 109 Å². The van der Waals surface area contributed by atoms with Gasteiger partial charge < -0.3 is 25.5 Å². The number of rotatable bonds is 5. The van der Waals surface area contributed by atoms with E-state index in [0.29, 0.717) is 0 Å². The Kier molecular flexibility index (Phi) is 16.1. The lowest BCUT2D eigenvalue weighted by atomic mass is 10.3. The van der Waals surface area contributed by atoms with Gasteiger partial charge in [0.25, 0.3) is 0 Å². The maximum atomic E-state index is 9.72. The van der Waals surface area contributed by atoms with Crippen molar-refractivity contribution in [2.24, 2.45) is 0 Å². The number of aliphatic hydroxyl groups is 1. The molecule has 0 amide bonds. The van der Waals surface area contributed by atoms with Gasteiger partial charge in [-0.25, -0.2) is 4.79 Å². The molecule has 0 radical (unpaired) electrons. The molecule has 9 heteroatoms. The average Bonchev–Trinajstić information content (AvgIpc) is 2.15. The molecule has 0 rings (SSSR count). The van der Waals surface area contributed by atoms with Gasteiger partial charge in [-0.05, 0) is 0 Å². The van der Waals surface area contributed by atoms with Gasteiger partial charge >= 0.3 is 23.9 Å². The summed E-state index contributed by atoms with van der Waals surface area (Å²) in [6.07, 6.45) is -2.10. The second kappa shape index (κ2) is 13.9. The molecule has 0 aliphatic carbocycles. The van der Waals surface area contributed by atoms with Crippen LogP contribution < -0.4 is 0 Å². The van der Waals surface area contributed by atoms with Crippen LogP contribution in [0, 0.1) is 0 Å². The smallest absolute Gasteiger partial charge is 0.333 e. The van der Waals surface area contributed by atoms with E-state index in [1.54, 1.807) is 0 Å². The summed E-state index contributed by atoms with van der Waals surface area (Å²) in [4.78, 5) is 38.3. The zero-order valence-electron chi connectivity index (χ0n) is 10.6. The van der Waals surface area contributed by atoms with Crippen molar-refractivity contribution in [3.05, 3.63) is 0 Å². The molecular formula is C10H18O9. The highest BCUT2D eigenvalue weighted by Gasteiger charge is 2.16. The van der Waals surface area contributed by atoms with Gasteiger partial charge in [0.2, 0.25) is 0 Å². The van der Waals surface area contributed by atoms with Crippen molar-refractivity contribution in [3.63, 3.8) is 0 Å². The first kappa shape index (κ1) is 22.1. The first-order valence-corrected chi connectivity index (χ1v) is 5.14. The molecular weight excluding hydrogens is 264 g/mol. The topological polar surface area (TPSA) is 169 Å². The standard InChI is InChI=1S/C4H6O5.C3H4O4.C3H8/c5-2(4(8)9)1-3(6)7;4-2(5)1-3(6)7;1-3-2/h2,5H,1H2,(H,6,7)(H,8,9);1H2,(H,4,5)(H,6,7);3H2,1-2H3. The fraction of sp³-hybridized carbons (Fsp3) is 0.600. The lowest BCUT2D eigenvalue weighted by molar-refractivity contribution is -0.153. The van der Waals surface area contributed by atoms with Crippen LogP contribution in [0.4, 0.5) is 0 Å². The minimum Gasteiger partial charge on any atom is -0.481 e. The highest BCUT2D eigenvalue weighted by molar-refractivity contribution is 5.88. The minimum absolute atomic E-state index is 0.755. The lowest BCUT2D eigenvalue weighted by Crippen LogP contribution is -2.22. The second-order valence-corrected chi connectivity index (χ2v) is 3.12. The molecule has 1 atom stereocenters. The molecule has 0 heterocycles. The normalized spacial score (nSPS) is 9.84. The van der Waals surface area contributed by atoms with Crippen LogP contribution >= 0.6 is 0 Å². The summed E-state index contributed by atoms with van der Waals surface area (Å²) >= 11 is 0. The van der Waals surface area contributed by atoms with Crippen molar-refractivity contribution in [2.45, 2.75) is 39.2 Å². The fourth-order valence-electron chi connectivity index (χ4n) is 0.382. The zero-order chi connectivity index (χ0) is 16.0. The van der Waals surface area contributed by atoms with Crippen molar-refractivity contribution >= 4 is 23.9 Å². The Bertz CT molecular complexity index is 285. The van der Waals surface area contributed by atoms with E-state index in [0.717, 1.165) is 0 Å². The number of aliphatic hydroxyl groups excluding tert-OH is 1. The van der Waals surface area contributed by atoms with Crippen molar-refractivity contribution < 1.29 is 44.7 Å². The number of carboxylic acids is 4. The van der Waals surface area contributed by atoms with Gasteiger partial charge in [0, 0.05) is 0 Å². The van der Waals surface area contributed by atoms with Crippen LogP contribution in [0.3, 0.4) is 0 Å². The molecule has 0 fully saturated rings. The summed E-state index contributed by atoms with van der Waals surface area (Å²) in [5, 5.41) is 39.5. The maximum absolute atomic E-state index is 9.72. The summed E-state index contributed by atoms with van der Waals surface area (Å²) in [5.74, 6) is -5.47. The summed E-state index contributed by atoms with van der Waals surface area (Å²) < 4.78 is 0. The summed E-state index contributed by atoms with van der Waals surface area (Å²) in [5.41, 5.74) is 0. The largest absolute Gasteiger partial charge is 0.481 e. The third-order valence-corrected chi connectivity index (χ3v) is 0.955. The molecule has 112 valence electrons. The van der Waals surface area contributed by atoms with Gasteiger partial charge in [-0.2, -0.15) is 0 Å². The van der Waals surface area contributed by atoms with E-state index in [1.807, 2.05) is 0 Å². The summed E-state index contributed by atoms with van der Waals surface area (Å²) in [7, 11) is 0. The highest BCUT2D eigenvalue weighted by Crippen LogP contribution is 1.89. The van der Waals surface area contributed by atoms with E-state index in [9.17, 15) is 19.2 Å². The van der Waals surface area contributed by atoms with Gasteiger partial charge in [0.05, 0.1) is 6.42 Å². The van der Waals surface area contributed by atoms with Gasteiger partial charge in [-0.3, -0.25) is 14.4 Å². The van der Waals surface area contributed by atoms with Crippen LogP contribution in [-0.4, -0.2) is 55.5 Å². The van der Waals surface area contributed by atoms with Gasteiger partial charge in [-0.15, -0.1) is 0 Å². The molecule has 0 aromatic heterocycles. The summed E-state index contributed by atoms with van der Waals surface area (Å²) in [6.45, 7) is 4.25. The molecule has 1 unspecified atom stereocenters. The van der Waals surface area contributed by atoms with Crippen molar-refractivity contribution in [1.29, 1.82) is 0 Å². The van der Waals surface area contributed by atoms with E-state index in [1.165, 1.54) is 6.42 Å². The van der Waals surface area contributed by atoms with Crippen LogP contribution in [0.5, 0.6) is 0 Å². The van der Waals surface area contributed by atoms with E-state index in [2.05, 4.69) is 13.8 Å². The number of carbonyl (C=O) groups is 4. The van der Waals surface area contributed by atoms with Crippen molar-refractivity contribution in [3.8, 4) is 0 Å². The molecule has 0 aromatic rings. The van der Waals surface area contributed by atoms with E-state index in [-0.39, 0.29) is 0 Å². The SMILES string of the molecule is CCC.O=C(O)CC(=O)O.O=C(O)CC(O)C(=O)O. The zero-order valence-corrected chi connectivity index (χ0v) is 10.6. The van der Waals surface area contributed by atoms with E-state index < -0.39 is 42.8 Å². The van der Waals surface area contributed by atoms with Crippen LogP contribution in [0.2, 0.25) is 0 Å². The number of hydrogen-bond donors (Lipinski definition) is 5. The van der Waals surface area contributed by atoms with Crippen molar-refractivity contribution in [1.82, 2.24) is 0 Å². The quantitative estimate of drug-likeness (QED) is 0.431. The monoisotopic (exact) mass is 282 g/mol. The molecule has 0 saturated carbocycles. The minimum atomic E-state index is -1.79. The number of carboxylic acid groups (broad SMARTS) is 4. The van der Waals surface area contributed by atoms with Crippen LogP contribution in [-0.2, 0) is 19.2 Å². The van der Waals surface area contributed by atoms with Crippen LogP contribution in [0.15, 0.2) is 0 Å². The molecule has 5 N–H and O–H groups in total. The fourth-order valence-corrected chi connectivity index (χ4v) is 0.382. The van der Waals surface area contributed by atoms with Gasteiger partial charge in [0.15, 0.2) is 6.10 Å². The van der Waals surface area contributed by atoms with Gasteiger partial charge in [-0.1, -0.05) is 20.3 Å². The highest BCUT2D eigenvalue weighted by atomic mass is 16.4. The molecule has 0 aliphatic rings.